The lowest BCUT2D eigenvalue weighted by Gasteiger charge is -2.32. The molecule has 1 amide bonds. The maximum absolute atomic E-state index is 11.6. The van der Waals surface area contributed by atoms with Gasteiger partial charge in [0, 0.05) is 11.5 Å². The zero-order chi connectivity index (χ0) is 10.3. The summed E-state index contributed by atoms with van der Waals surface area (Å²) in [5.41, 5.74) is 0.0194. The van der Waals surface area contributed by atoms with Crippen molar-refractivity contribution in [3.05, 3.63) is 0 Å². The molecule has 1 heterocycles. The Morgan fingerprint density at radius 2 is 1.86 bits per heavy atom. The van der Waals surface area contributed by atoms with Crippen LogP contribution in [0.4, 0.5) is 0 Å². The molecule has 2 heteroatoms. The molecular weight excluding hydrogens is 174 g/mol. The Morgan fingerprint density at radius 1 is 1.29 bits per heavy atom. The van der Waals surface area contributed by atoms with Gasteiger partial charge in [-0.3, -0.25) is 4.79 Å². The van der Waals surface area contributed by atoms with Gasteiger partial charge in [0.15, 0.2) is 0 Å². The fourth-order valence-electron chi connectivity index (χ4n) is 3.62. The van der Waals surface area contributed by atoms with E-state index in [-0.39, 0.29) is 17.4 Å². The van der Waals surface area contributed by atoms with Crippen molar-refractivity contribution in [1.29, 1.82) is 0 Å². The van der Waals surface area contributed by atoms with Crippen LogP contribution in [0.5, 0.6) is 0 Å². The van der Waals surface area contributed by atoms with Crippen molar-refractivity contribution in [3.8, 4) is 0 Å². The molecule has 2 aliphatic rings. The molecule has 1 N–H and O–H groups in total. The van der Waals surface area contributed by atoms with E-state index in [0.717, 1.165) is 5.92 Å². The molecule has 0 spiro atoms. The first-order valence-electron chi connectivity index (χ1n) is 5.84. The van der Waals surface area contributed by atoms with E-state index in [4.69, 9.17) is 0 Å². The zero-order valence-corrected chi connectivity index (χ0v) is 9.47. The van der Waals surface area contributed by atoms with Crippen LogP contribution in [0, 0.1) is 17.8 Å². The van der Waals surface area contributed by atoms with Crippen LogP contribution in [0.3, 0.4) is 0 Å². The van der Waals surface area contributed by atoms with Gasteiger partial charge in [-0.25, -0.2) is 0 Å². The Kier molecular flexibility index (Phi) is 2.32. The Balaban J connectivity index is 2.18. The summed E-state index contributed by atoms with van der Waals surface area (Å²) >= 11 is 0. The number of nitrogens with one attached hydrogen (secondary N) is 1. The third-order valence-electron chi connectivity index (χ3n) is 4.14. The highest BCUT2D eigenvalue weighted by Gasteiger charge is 2.48. The van der Waals surface area contributed by atoms with Crippen LogP contribution >= 0.6 is 0 Å². The molecule has 2 atom stereocenters. The first kappa shape index (κ1) is 10.0. The van der Waals surface area contributed by atoms with E-state index in [9.17, 15) is 4.79 Å². The van der Waals surface area contributed by atoms with Crippen LogP contribution in [0.15, 0.2) is 0 Å². The molecule has 80 valence electrons. The molecule has 2 rings (SSSR count). The van der Waals surface area contributed by atoms with Gasteiger partial charge in [-0.1, -0.05) is 32.6 Å². The molecule has 0 aromatic heterocycles. The van der Waals surface area contributed by atoms with Gasteiger partial charge < -0.3 is 5.32 Å². The van der Waals surface area contributed by atoms with Gasteiger partial charge in [0.1, 0.15) is 0 Å². The highest BCUT2D eigenvalue weighted by molar-refractivity contribution is 5.82. The van der Waals surface area contributed by atoms with Crippen LogP contribution in [0.1, 0.15) is 46.5 Å². The van der Waals surface area contributed by atoms with Gasteiger partial charge >= 0.3 is 0 Å². The third kappa shape index (κ3) is 1.45. The molecule has 0 radical (unpaired) electrons. The fourth-order valence-corrected chi connectivity index (χ4v) is 3.62. The second-order valence-electron chi connectivity index (χ2n) is 5.57. The minimum absolute atomic E-state index is 0.0194. The van der Waals surface area contributed by atoms with Gasteiger partial charge in [-0.2, -0.15) is 0 Å². The van der Waals surface area contributed by atoms with E-state index in [0.29, 0.717) is 5.92 Å². The van der Waals surface area contributed by atoms with Gasteiger partial charge in [0.2, 0.25) is 5.91 Å². The molecule has 2 nitrogen and oxygen atoms in total. The highest BCUT2D eigenvalue weighted by atomic mass is 16.2. The molecule has 14 heavy (non-hydrogen) atoms. The first-order valence-corrected chi connectivity index (χ1v) is 5.84. The molecule has 0 aromatic carbocycles. The summed E-state index contributed by atoms with van der Waals surface area (Å²) in [4.78, 5) is 11.6. The molecule has 1 saturated heterocycles. The molecule has 1 aliphatic carbocycles. The second-order valence-corrected chi connectivity index (χ2v) is 5.57. The Hall–Kier alpha value is -0.530. The monoisotopic (exact) mass is 195 g/mol. The largest absolute Gasteiger partial charge is 0.351 e. The Labute approximate surface area is 86.5 Å². The topological polar surface area (TPSA) is 29.1 Å². The van der Waals surface area contributed by atoms with Crippen LogP contribution in [0.2, 0.25) is 0 Å². The summed E-state index contributed by atoms with van der Waals surface area (Å²) < 4.78 is 0. The van der Waals surface area contributed by atoms with Crippen molar-refractivity contribution in [2.24, 2.45) is 17.8 Å². The fraction of sp³-hybridized carbons (Fsp3) is 0.917. The smallest absolute Gasteiger partial charge is 0.223 e. The normalized spacial score (nSPS) is 37.5. The van der Waals surface area contributed by atoms with E-state index in [2.05, 4.69) is 26.1 Å². The van der Waals surface area contributed by atoms with Crippen molar-refractivity contribution >= 4 is 5.91 Å². The standard InChI is InChI=1S/C12H21NO/c1-8-10(9-6-4-5-7-9)12(2,3)13-11(8)14/h8-10H,4-7H2,1-3H3,(H,13,14). The Morgan fingerprint density at radius 3 is 2.29 bits per heavy atom. The molecule has 1 aliphatic heterocycles. The van der Waals surface area contributed by atoms with Crippen molar-refractivity contribution in [2.75, 3.05) is 0 Å². The van der Waals surface area contributed by atoms with Gasteiger partial charge in [0.25, 0.3) is 0 Å². The van der Waals surface area contributed by atoms with Crippen LogP contribution < -0.4 is 5.32 Å². The first-order chi connectivity index (χ1) is 6.52. The average Bonchev–Trinajstić information content (AvgIpc) is 2.60. The maximum Gasteiger partial charge on any atom is 0.223 e. The SMILES string of the molecule is CC1C(=O)NC(C)(C)C1C1CCCC1. The number of carbonyl (C=O) groups is 1. The van der Waals surface area contributed by atoms with E-state index in [1.54, 1.807) is 0 Å². The summed E-state index contributed by atoms with van der Waals surface area (Å²) in [7, 11) is 0. The number of rotatable bonds is 1. The average molecular weight is 195 g/mol. The lowest BCUT2D eigenvalue weighted by molar-refractivity contribution is -0.122. The second kappa shape index (κ2) is 3.25. The predicted octanol–water partition coefficient (Wildman–Crippen LogP) is 2.34. The van der Waals surface area contributed by atoms with E-state index < -0.39 is 0 Å². The minimum Gasteiger partial charge on any atom is -0.351 e. The summed E-state index contributed by atoms with van der Waals surface area (Å²) in [6, 6.07) is 0. The van der Waals surface area contributed by atoms with Crippen molar-refractivity contribution in [1.82, 2.24) is 5.32 Å². The third-order valence-corrected chi connectivity index (χ3v) is 4.14. The van der Waals surface area contributed by atoms with Gasteiger partial charge in [-0.15, -0.1) is 0 Å². The van der Waals surface area contributed by atoms with Crippen LogP contribution in [0.25, 0.3) is 0 Å². The molecule has 2 unspecified atom stereocenters. The van der Waals surface area contributed by atoms with Crippen LogP contribution in [-0.2, 0) is 4.79 Å². The number of hydrogen-bond donors (Lipinski definition) is 1. The summed E-state index contributed by atoms with van der Waals surface area (Å²) in [5, 5.41) is 3.13. The number of amides is 1. The van der Waals surface area contributed by atoms with Crippen molar-refractivity contribution in [2.45, 2.75) is 52.0 Å². The summed E-state index contributed by atoms with van der Waals surface area (Å²) in [5.74, 6) is 1.80. The van der Waals surface area contributed by atoms with E-state index >= 15 is 0 Å². The predicted molar refractivity (Wildman–Crippen MR) is 56.8 cm³/mol. The highest BCUT2D eigenvalue weighted by Crippen LogP contribution is 2.44. The van der Waals surface area contributed by atoms with E-state index in [1.165, 1.54) is 25.7 Å². The number of carbonyl (C=O) groups excluding carboxylic acids is 1. The number of hydrogen-bond acceptors (Lipinski definition) is 1. The maximum atomic E-state index is 11.6. The minimum atomic E-state index is 0.0194. The summed E-state index contributed by atoms with van der Waals surface area (Å²) in [6.07, 6.45) is 5.37. The molecule has 0 bridgehead atoms. The lowest BCUT2D eigenvalue weighted by Crippen LogP contribution is -2.42. The van der Waals surface area contributed by atoms with Crippen LogP contribution in [-0.4, -0.2) is 11.4 Å². The van der Waals surface area contributed by atoms with E-state index in [1.807, 2.05) is 0 Å². The van der Waals surface area contributed by atoms with Crippen molar-refractivity contribution < 1.29 is 4.79 Å². The van der Waals surface area contributed by atoms with Crippen molar-refractivity contribution in [3.63, 3.8) is 0 Å². The van der Waals surface area contributed by atoms with Gasteiger partial charge in [-0.05, 0) is 25.7 Å². The summed E-state index contributed by atoms with van der Waals surface area (Å²) in [6.45, 7) is 6.45. The lowest BCUT2D eigenvalue weighted by atomic mass is 9.73. The molecular formula is C12H21NO. The molecule has 0 aromatic rings. The van der Waals surface area contributed by atoms with Gasteiger partial charge in [0.05, 0.1) is 0 Å². The zero-order valence-electron chi connectivity index (χ0n) is 9.47. The quantitative estimate of drug-likeness (QED) is 0.683. The molecule has 1 saturated carbocycles. The Bertz CT molecular complexity index is 241. The molecule has 2 fully saturated rings.